The Balaban J connectivity index is 2.13. The zero-order valence-electron chi connectivity index (χ0n) is 11.6. The van der Waals surface area contributed by atoms with Crippen molar-refractivity contribution in [1.82, 2.24) is 0 Å². The Morgan fingerprint density at radius 3 is 2.74 bits per heavy atom. The fraction of sp³-hybridized carbons (Fsp3) is 0.312. The van der Waals surface area contributed by atoms with Crippen molar-refractivity contribution >= 4 is 17.0 Å². The molecule has 3 heteroatoms. The number of anilines is 1. The van der Waals surface area contributed by atoms with Gasteiger partial charge < -0.3 is 4.90 Å². The van der Waals surface area contributed by atoms with Gasteiger partial charge in [0.15, 0.2) is 0 Å². The smallest absolute Gasteiger partial charge is 0.0994 e. The van der Waals surface area contributed by atoms with Crippen molar-refractivity contribution in [3.05, 3.63) is 51.7 Å². The van der Waals surface area contributed by atoms with E-state index in [0.29, 0.717) is 6.04 Å². The minimum Gasteiger partial charge on any atom is -0.372 e. The Kier molecular flexibility index (Phi) is 4.24. The first kappa shape index (κ1) is 13.6. The maximum atomic E-state index is 8.97. The first-order valence-electron chi connectivity index (χ1n) is 6.37. The minimum absolute atomic E-state index is 0.436. The number of aryl methyl sites for hydroxylation is 1. The van der Waals surface area contributed by atoms with Gasteiger partial charge in [0, 0.05) is 30.1 Å². The number of nitrogens with zero attached hydrogens (tertiary/aromatic N) is 2. The molecule has 0 radical (unpaired) electrons. The molecule has 0 N–H and O–H groups in total. The molecule has 0 amide bonds. The molecule has 1 atom stereocenters. The lowest BCUT2D eigenvalue weighted by Gasteiger charge is -2.27. The molecular formula is C16H18N2S. The van der Waals surface area contributed by atoms with Gasteiger partial charge in [-0.2, -0.15) is 5.26 Å². The van der Waals surface area contributed by atoms with Gasteiger partial charge in [0.1, 0.15) is 0 Å². The van der Waals surface area contributed by atoms with Crippen LogP contribution in [0.3, 0.4) is 0 Å². The summed E-state index contributed by atoms with van der Waals surface area (Å²) in [7, 11) is 2.11. The monoisotopic (exact) mass is 270 g/mol. The first-order valence-corrected chi connectivity index (χ1v) is 7.25. The van der Waals surface area contributed by atoms with Crippen LogP contribution in [0.4, 0.5) is 5.69 Å². The fourth-order valence-electron chi connectivity index (χ4n) is 2.10. The highest BCUT2D eigenvalue weighted by atomic mass is 32.1. The number of hydrogen-bond acceptors (Lipinski definition) is 3. The summed E-state index contributed by atoms with van der Waals surface area (Å²) in [5, 5.41) is 11.1. The molecule has 0 spiro atoms. The standard InChI is InChI=1S/C16H18N2S/c1-12-9-15(7-6-14(12)11-17)18(3)13(2)10-16-5-4-8-19-16/h4-9,13H,10H2,1-3H3. The van der Waals surface area contributed by atoms with Gasteiger partial charge in [-0.1, -0.05) is 6.07 Å². The molecule has 1 heterocycles. The van der Waals surface area contributed by atoms with Gasteiger partial charge in [-0.15, -0.1) is 11.3 Å². The highest BCUT2D eigenvalue weighted by Gasteiger charge is 2.12. The van der Waals surface area contributed by atoms with Crippen LogP contribution in [0.15, 0.2) is 35.7 Å². The van der Waals surface area contributed by atoms with Crippen LogP contribution in [-0.4, -0.2) is 13.1 Å². The van der Waals surface area contributed by atoms with Crippen LogP contribution < -0.4 is 4.90 Å². The van der Waals surface area contributed by atoms with Crippen LogP contribution >= 0.6 is 11.3 Å². The molecule has 1 aromatic carbocycles. The average molecular weight is 270 g/mol. The molecule has 0 saturated carbocycles. The fourth-order valence-corrected chi connectivity index (χ4v) is 2.93. The second-order valence-corrected chi connectivity index (χ2v) is 5.89. The van der Waals surface area contributed by atoms with E-state index in [2.05, 4.69) is 48.5 Å². The maximum Gasteiger partial charge on any atom is 0.0994 e. The lowest BCUT2D eigenvalue weighted by molar-refractivity contribution is 0.688. The van der Waals surface area contributed by atoms with Gasteiger partial charge in [0.2, 0.25) is 0 Å². The van der Waals surface area contributed by atoms with E-state index in [0.717, 1.165) is 17.5 Å². The molecule has 2 nitrogen and oxygen atoms in total. The van der Waals surface area contributed by atoms with E-state index in [1.165, 1.54) is 10.6 Å². The van der Waals surface area contributed by atoms with Crippen molar-refractivity contribution in [2.75, 3.05) is 11.9 Å². The Bertz CT molecular complexity index is 581. The maximum absolute atomic E-state index is 8.97. The van der Waals surface area contributed by atoms with Crippen LogP contribution in [0.5, 0.6) is 0 Å². The summed E-state index contributed by atoms with van der Waals surface area (Å²) in [5.74, 6) is 0. The number of rotatable bonds is 4. The third-order valence-corrected chi connectivity index (χ3v) is 4.37. The number of hydrogen-bond donors (Lipinski definition) is 0. The van der Waals surface area contributed by atoms with Crippen LogP contribution in [-0.2, 0) is 6.42 Å². The Hall–Kier alpha value is -1.79. The summed E-state index contributed by atoms with van der Waals surface area (Å²) in [4.78, 5) is 3.68. The van der Waals surface area contributed by atoms with Gasteiger partial charge in [-0.05, 0) is 49.1 Å². The molecule has 0 saturated heterocycles. The molecule has 0 aliphatic rings. The van der Waals surface area contributed by atoms with E-state index in [9.17, 15) is 0 Å². The molecule has 0 bridgehead atoms. The van der Waals surface area contributed by atoms with Crippen molar-refractivity contribution < 1.29 is 0 Å². The van der Waals surface area contributed by atoms with Gasteiger partial charge in [-0.25, -0.2) is 0 Å². The topological polar surface area (TPSA) is 27.0 Å². The van der Waals surface area contributed by atoms with Gasteiger partial charge in [0.25, 0.3) is 0 Å². The predicted molar refractivity (Wildman–Crippen MR) is 81.8 cm³/mol. The Labute approximate surface area is 118 Å². The highest BCUT2D eigenvalue weighted by Crippen LogP contribution is 2.22. The van der Waals surface area contributed by atoms with E-state index in [-0.39, 0.29) is 0 Å². The Morgan fingerprint density at radius 1 is 1.37 bits per heavy atom. The molecule has 1 unspecified atom stereocenters. The van der Waals surface area contributed by atoms with E-state index >= 15 is 0 Å². The molecule has 0 aliphatic heterocycles. The predicted octanol–water partition coefficient (Wildman–Crippen LogP) is 4.00. The average Bonchev–Trinajstić information content (AvgIpc) is 2.90. The molecule has 2 rings (SSSR count). The van der Waals surface area contributed by atoms with E-state index in [1.54, 1.807) is 11.3 Å². The third kappa shape index (κ3) is 3.15. The quantitative estimate of drug-likeness (QED) is 0.839. The summed E-state index contributed by atoms with van der Waals surface area (Å²) >= 11 is 1.80. The van der Waals surface area contributed by atoms with Crippen molar-refractivity contribution in [2.45, 2.75) is 26.3 Å². The van der Waals surface area contributed by atoms with Gasteiger partial charge in [0.05, 0.1) is 11.6 Å². The zero-order valence-corrected chi connectivity index (χ0v) is 12.4. The summed E-state index contributed by atoms with van der Waals surface area (Å²) in [6.07, 6.45) is 1.05. The lowest BCUT2D eigenvalue weighted by atomic mass is 10.1. The van der Waals surface area contributed by atoms with E-state index in [1.807, 2.05) is 19.1 Å². The second-order valence-electron chi connectivity index (χ2n) is 4.85. The van der Waals surface area contributed by atoms with Crippen molar-refractivity contribution in [3.8, 4) is 6.07 Å². The van der Waals surface area contributed by atoms with Crippen molar-refractivity contribution in [1.29, 1.82) is 5.26 Å². The third-order valence-electron chi connectivity index (χ3n) is 3.48. The summed E-state index contributed by atoms with van der Waals surface area (Å²) < 4.78 is 0. The minimum atomic E-state index is 0.436. The van der Waals surface area contributed by atoms with Crippen molar-refractivity contribution in [2.24, 2.45) is 0 Å². The second kappa shape index (κ2) is 5.90. The molecule has 19 heavy (non-hydrogen) atoms. The largest absolute Gasteiger partial charge is 0.372 e. The molecule has 98 valence electrons. The molecular weight excluding hydrogens is 252 g/mol. The molecule has 0 aliphatic carbocycles. The summed E-state index contributed by atoms with van der Waals surface area (Å²) in [5.41, 5.74) is 2.96. The SMILES string of the molecule is Cc1cc(N(C)C(C)Cc2cccs2)ccc1C#N. The van der Waals surface area contributed by atoms with Gasteiger partial charge >= 0.3 is 0 Å². The van der Waals surface area contributed by atoms with Crippen molar-refractivity contribution in [3.63, 3.8) is 0 Å². The van der Waals surface area contributed by atoms with E-state index < -0.39 is 0 Å². The van der Waals surface area contributed by atoms with Gasteiger partial charge in [-0.3, -0.25) is 0 Å². The number of likely N-dealkylation sites (N-methyl/N-ethyl adjacent to an activating group) is 1. The van der Waals surface area contributed by atoms with Crippen LogP contribution in [0.2, 0.25) is 0 Å². The normalized spacial score (nSPS) is 11.9. The van der Waals surface area contributed by atoms with Crippen LogP contribution in [0.25, 0.3) is 0 Å². The van der Waals surface area contributed by atoms with Crippen LogP contribution in [0, 0.1) is 18.3 Å². The summed E-state index contributed by atoms with van der Waals surface area (Å²) in [6, 6.07) is 12.9. The van der Waals surface area contributed by atoms with E-state index in [4.69, 9.17) is 5.26 Å². The van der Waals surface area contributed by atoms with Crippen LogP contribution in [0.1, 0.15) is 22.9 Å². The number of thiophene rings is 1. The molecule has 2 aromatic rings. The Morgan fingerprint density at radius 2 is 2.16 bits per heavy atom. The molecule has 1 aromatic heterocycles. The lowest BCUT2D eigenvalue weighted by Crippen LogP contribution is -2.30. The highest BCUT2D eigenvalue weighted by molar-refractivity contribution is 7.09. The summed E-state index contributed by atoms with van der Waals surface area (Å²) in [6.45, 7) is 4.22. The number of benzene rings is 1. The zero-order chi connectivity index (χ0) is 13.8. The number of nitriles is 1. The first-order chi connectivity index (χ1) is 9.11. The molecule has 0 fully saturated rings.